The molecule has 0 bridgehead atoms. The van der Waals surface area contributed by atoms with Crippen LogP contribution in [0.25, 0.3) is 0 Å². The largest absolute Gasteiger partial charge is 0.297 e. The van der Waals surface area contributed by atoms with Gasteiger partial charge in [-0.2, -0.15) is 4.31 Å². The number of hydrogen-bond acceptors (Lipinski definition) is 3. The normalized spacial score (nSPS) is 20.7. The summed E-state index contributed by atoms with van der Waals surface area (Å²) in [5.74, 6) is -0.566. The molecule has 4 nitrogen and oxygen atoms in total. The quantitative estimate of drug-likeness (QED) is 0.862. The molecule has 0 spiro atoms. The van der Waals surface area contributed by atoms with Crippen molar-refractivity contribution in [1.29, 1.82) is 0 Å². The minimum atomic E-state index is -3.76. The predicted molar refractivity (Wildman–Crippen MR) is 77.8 cm³/mol. The van der Waals surface area contributed by atoms with E-state index in [0.717, 1.165) is 12.1 Å². The van der Waals surface area contributed by atoms with Gasteiger partial charge in [-0.3, -0.25) is 4.79 Å². The van der Waals surface area contributed by atoms with Gasteiger partial charge in [-0.1, -0.05) is 20.8 Å². The van der Waals surface area contributed by atoms with E-state index in [0.29, 0.717) is 19.4 Å². The average Bonchev–Trinajstić information content (AvgIpc) is 2.87. The first-order chi connectivity index (χ1) is 9.64. The van der Waals surface area contributed by atoms with E-state index in [2.05, 4.69) is 0 Å². The number of nitrogens with zero attached hydrogens (tertiary/aromatic N) is 1. The van der Waals surface area contributed by atoms with Gasteiger partial charge in [-0.15, -0.1) is 0 Å². The van der Waals surface area contributed by atoms with E-state index >= 15 is 0 Å². The number of Topliss-reactive ketones (excluding diaryl/α,β-unsaturated/α-hetero) is 1. The second kappa shape index (κ2) is 5.50. The minimum absolute atomic E-state index is 0.0255. The Bertz CT molecular complexity index is 632. The molecular formula is C15H20FNO3S. The van der Waals surface area contributed by atoms with Crippen molar-refractivity contribution in [1.82, 2.24) is 4.31 Å². The standard InChI is InChI=1S/C15H20FNO3S/c1-15(2,3)14(18)13-5-4-10-17(13)21(19,20)12-8-6-11(16)7-9-12/h6-9,13H,4-5,10H2,1-3H3. The molecule has 6 heteroatoms. The van der Waals surface area contributed by atoms with Crippen molar-refractivity contribution in [2.24, 2.45) is 5.41 Å². The number of ketones is 1. The van der Waals surface area contributed by atoms with Crippen LogP contribution in [-0.4, -0.2) is 31.1 Å². The number of benzene rings is 1. The van der Waals surface area contributed by atoms with E-state index in [1.54, 1.807) is 20.8 Å². The molecule has 0 radical (unpaired) electrons. The van der Waals surface area contributed by atoms with Gasteiger partial charge in [0.25, 0.3) is 0 Å². The van der Waals surface area contributed by atoms with Gasteiger partial charge in [0.05, 0.1) is 10.9 Å². The Kier molecular flexibility index (Phi) is 4.22. The summed E-state index contributed by atoms with van der Waals surface area (Å²) in [4.78, 5) is 12.5. The van der Waals surface area contributed by atoms with Crippen molar-refractivity contribution in [3.8, 4) is 0 Å². The molecule has 21 heavy (non-hydrogen) atoms. The molecule has 1 heterocycles. The van der Waals surface area contributed by atoms with Crippen molar-refractivity contribution in [3.05, 3.63) is 30.1 Å². The second-order valence-electron chi connectivity index (χ2n) is 6.34. The van der Waals surface area contributed by atoms with Gasteiger partial charge in [0.1, 0.15) is 5.82 Å². The summed E-state index contributed by atoms with van der Waals surface area (Å²) in [6.45, 7) is 5.69. The van der Waals surface area contributed by atoms with Crippen molar-refractivity contribution in [2.45, 2.75) is 44.6 Å². The fraction of sp³-hybridized carbons (Fsp3) is 0.533. The van der Waals surface area contributed by atoms with Crippen LogP contribution in [0.4, 0.5) is 4.39 Å². The predicted octanol–water partition coefficient (Wildman–Crippen LogP) is 2.59. The highest BCUT2D eigenvalue weighted by Crippen LogP contribution is 2.31. The summed E-state index contributed by atoms with van der Waals surface area (Å²) in [6.07, 6.45) is 1.20. The molecule has 2 rings (SSSR count). The van der Waals surface area contributed by atoms with Crippen LogP contribution in [0.2, 0.25) is 0 Å². The molecule has 1 aliphatic rings. The third-order valence-electron chi connectivity index (χ3n) is 3.67. The van der Waals surface area contributed by atoms with Gasteiger partial charge in [-0.05, 0) is 37.1 Å². The molecule has 1 fully saturated rings. The lowest BCUT2D eigenvalue weighted by atomic mass is 9.86. The maximum absolute atomic E-state index is 13.0. The van der Waals surface area contributed by atoms with E-state index in [-0.39, 0.29) is 10.7 Å². The Hall–Kier alpha value is -1.27. The summed E-state index contributed by atoms with van der Waals surface area (Å²) in [5, 5.41) is 0. The summed E-state index contributed by atoms with van der Waals surface area (Å²) in [6, 6.07) is 4.08. The number of rotatable bonds is 3. The summed E-state index contributed by atoms with van der Waals surface area (Å²) in [7, 11) is -3.76. The summed E-state index contributed by atoms with van der Waals surface area (Å²) >= 11 is 0. The van der Waals surface area contributed by atoms with Crippen molar-refractivity contribution in [2.75, 3.05) is 6.54 Å². The van der Waals surface area contributed by atoms with Crippen molar-refractivity contribution >= 4 is 15.8 Å². The van der Waals surface area contributed by atoms with E-state index in [1.165, 1.54) is 16.4 Å². The van der Waals surface area contributed by atoms with E-state index in [4.69, 9.17) is 0 Å². The number of carbonyl (C=O) groups excluding carboxylic acids is 1. The Morgan fingerprint density at radius 1 is 1.24 bits per heavy atom. The third-order valence-corrected chi connectivity index (χ3v) is 5.59. The molecule has 1 atom stereocenters. The Morgan fingerprint density at radius 3 is 2.33 bits per heavy atom. The topological polar surface area (TPSA) is 54.5 Å². The zero-order valence-corrected chi connectivity index (χ0v) is 13.3. The SMILES string of the molecule is CC(C)(C)C(=O)C1CCCN1S(=O)(=O)c1ccc(F)cc1. The highest BCUT2D eigenvalue weighted by atomic mass is 32.2. The van der Waals surface area contributed by atoms with Crippen LogP contribution in [0.5, 0.6) is 0 Å². The van der Waals surface area contributed by atoms with Crippen LogP contribution in [0.15, 0.2) is 29.2 Å². The number of halogens is 1. The van der Waals surface area contributed by atoms with Gasteiger partial charge < -0.3 is 0 Å². The Balaban J connectivity index is 2.35. The molecule has 1 aromatic carbocycles. The van der Waals surface area contributed by atoms with Gasteiger partial charge in [-0.25, -0.2) is 12.8 Å². The molecule has 0 amide bonds. The highest BCUT2D eigenvalue weighted by Gasteiger charge is 2.42. The molecule has 116 valence electrons. The van der Waals surface area contributed by atoms with Gasteiger partial charge in [0.15, 0.2) is 5.78 Å². The fourth-order valence-electron chi connectivity index (χ4n) is 2.53. The summed E-state index contributed by atoms with van der Waals surface area (Å²) in [5.41, 5.74) is -0.592. The smallest absolute Gasteiger partial charge is 0.243 e. The molecule has 1 unspecified atom stereocenters. The van der Waals surface area contributed by atoms with E-state index in [1.807, 2.05) is 0 Å². The maximum Gasteiger partial charge on any atom is 0.243 e. The second-order valence-corrected chi connectivity index (χ2v) is 8.23. The number of hydrogen-bond donors (Lipinski definition) is 0. The van der Waals surface area contributed by atoms with Crippen LogP contribution in [0.1, 0.15) is 33.6 Å². The monoisotopic (exact) mass is 313 g/mol. The zero-order chi connectivity index (χ0) is 15.8. The van der Waals surface area contributed by atoms with E-state index < -0.39 is 27.3 Å². The van der Waals surface area contributed by atoms with Crippen LogP contribution >= 0.6 is 0 Å². The minimum Gasteiger partial charge on any atom is -0.297 e. The molecule has 0 aromatic heterocycles. The molecule has 1 saturated heterocycles. The van der Waals surface area contributed by atoms with Gasteiger partial charge in [0, 0.05) is 12.0 Å². The molecule has 1 aromatic rings. The zero-order valence-electron chi connectivity index (χ0n) is 12.5. The number of carbonyl (C=O) groups is 1. The lowest BCUT2D eigenvalue weighted by molar-refractivity contribution is -0.129. The Morgan fingerprint density at radius 2 is 1.81 bits per heavy atom. The summed E-state index contributed by atoms with van der Waals surface area (Å²) < 4.78 is 39.5. The lowest BCUT2D eigenvalue weighted by Crippen LogP contribution is -2.44. The highest BCUT2D eigenvalue weighted by molar-refractivity contribution is 7.89. The van der Waals surface area contributed by atoms with Gasteiger partial charge in [0.2, 0.25) is 10.0 Å². The van der Waals surface area contributed by atoms with E-state index in [9.17, 15) is 17.6 Å². The van der Waals surface area contributed by atoms with Gasteiger partial charge >= 0.3 is 0 Å². The number of sulfonamides is 1. The Labute approximate surface area is 125 Å². The molecule has 1 aliphatic heterocycles. The molecular weight excluding hydrogens is 293 g/mol. The van der Waals surface area contributed by atoms with Crippen LogP contribution in [0, 0.1) is 11.2 Å². The van der Waals surface area contributed by atoms with Crippen molar-refractivity contribution in [3.63, 3.8) is 0 Å². The fourth-order valence-corrected chi connectivity index (χ4v) is 4.19. The van der Waals surface area contributed by atoms with Crippen LogP contribution in [0.3, 0.4) is 0 Å². The van der Waals surface area contributed by atoms with Crippen molar-refractivity contribution < 1.29 is 17.6 Å². The third kappa shape index (κ3) is 3.16. The molecule has 0 saturated carbocycles. The first kappa shape index (κ1) is 16.1. The first-order valence-corrected chi connectivity index (χ1v) is 8.40. The average molecular weight is 313 g/mol. The van der Waals surface area contributed by atoms with Crippen LogP contribution < -0.4 is 0 Å². The van der Waals surface area contributed by atoms with Crippen LogP contribution in [-0.2, 0) is 14.8 Å². The molecule has 0 N–H and O–H groups in total. The maximum atomic E-state index is 13.0. The first-order valence-electron chi connectivity index (χ1n) is 6.96. The molecule has 0 aliphatic carbocycles. The lowest BCUT2D eigenvalue weighted by Gasteiger charge is -2.28.